The minimum atomic E-state index is -2.82. The van der Waals surface area contributed by atoms with Gasteiger partial charge < -0.3 is 16.2 Å². The molecule has 76 valence electrons. The standard InChI is InChI=1S/C8H16N2O3/c1-6(11)10-7(8(12)13)4-2-3-5-9/h7H,2-5,9H2,1H3,(H,10,11)(H,12,13)/t7-/m0/s1/i1D3. The van der Waals surface area contributed by atoms with Crippen molar-refractivity contribution in [1.29, 1.82) is 0 Å². The molecule has 0 bridgehead atoms. The van der Waals surface area contributed by atoms with Gasteiger partial charge in [-0.05, 0) is 25.8 Å². The molecule has 1 atom stereocenters. The first kappa shape index (κ1) is 7.32. The van der Waals surface area contributed by atoms with E-state index in [0.29, 0.717) is 19.4 Å². The third kappa shape index (κ3) is 6.10. The fourth-order valence-corrected chi connectivity index (χ4v) is 0.908. The summed E-state index contributed by atoms with van der Waals surface area (Å²) >= 11 is 0. The Kier molecular flexibility index (Phi) is 3.61. The summed E-state index contributed by atoms with van der Waals surface area (Å²) in [5, 5.41) is 10.7. The Morgan fingerprint density at radius 3 is 2.77 bits per heavy atom. The molecule has 0 aromatic carbocycles. The van der Waals surface area contributed by atoms with Gasteiger partial charge in [-0.3, -0.25) is 4.79 Å². The summed E-state index contributed by atoms with van der Waals surface area (Å²) in [6.45, 7) is -2.39. The zero-order chi connectivity index (χ0) is 12.8. The third-order valence-corrected chi connectivity index (χ3v) is 1.55. The molecular formula is C8H16N2O3. The van der Waals surface area contributed by atoms with E-state index in [1.807, 2.05) is 5.32 Å². The number of carboxylic acid groups (broad SMARTS) is 1. The van der Waals surface area contributed by atoms with E-state index in [2.05, 4.69) is 0 Å². The number of carbonyl (C=O) groups excluding carboxylic acids is 1. The smallest absolute Gasteiger partial charge is 0.326 e. The third-order valence-electron chi connectivity index (χ3n) is 1.55. The average molecular weight is 191 g/mol. The molecule has 0 fully saturated rings. The fourth-order valence-electron chi connectivity index (χ4n) is 0.908. The lowest BCUT2D eigenvalue weighted by molar-refractivity contribution is -0.141. The minimum Gasteiger partial charge on any atom is -0.480 e. The van der Waals surface area contributed by atoms with Crippen LogP contribution in [0.5, 0.6) is 0 Å². The molecule has 5 nitrogen and oxygen atoms in total. The fraction of sp³-hybridized carbons (Fsp3) is 0.750. The van der Waals surface area contributed by atoms with Crippen molar-refractivity contribution in [2.75, 3.05) is 6.54 Å². The van der Waals surface area contributed by atoms with Crippen molar-refractivity contribution in [1.82, 2.24) is 5.32 Å². The van der Waals surface area contributed by atoms with Gasteiger partial charge in [-0.1, -0.05) is 0 Å². The average Bonchev–Trinajstić information content (AvgIpc) is 2.14. The maximum Gasteiger partial charge on any atom is 0.326 e. The van der Waals surface area contributed by atoms with Gasteiger partial charge in [-0.2, -0.15) is 0 Å². The number of nitrogens with one attached hydrogen (secondary N) is 1. The largest absolute Gasteiger partial charge is 0.480 e. The van der Waals surface area contributed by atoms with E-state index >= 15 is 0 Å². The van der Waals surface area contributed by atoms with Crippen molar-refractivity contribution in [3.63, 3.8) is 0 Å². The van der Waals surface area contributed by atoms with E-state index in [0.717, 1.165) is 0 Å². The van der Waals surface area contributed by atoms with Crippen LogP contribution in [-0.4, -0.2) is 29.6 Å². The number of rotatable bonds is 6. The van der Waals surface area contributed by atoms with E-state index in [1.165, 1.54) is 0 Å². The number of hydrogen-bond donors (Lipinski definition) is 3. The summed E-state index contributed by atoms with van der Waals surface area (Å²) in [6.07, 6.45) is 1.33. The van der Waals surface area contributed by atoms with E-state index < -0.39 is 24.8 Å². The summed E-state index contributed by atoms with van der Waals surface area (Å²) in [4.78, 5) is 21.8. The molecule has 13 heavy (non-hydrogen) atoms. The lowest BCUT2D eigenvalue weighted by Gasteiger charge is -2.12. The van der Waals surface area contributed by atoms with Crippen molar-refractivity contribution >= 4 is 11.9 Å². The van der Waals surface area contributed by atoms with Crippen molar-refractivity contribution < 1.29 is 18.8 Å². The highest BCUT2D eigenvalue weighted by atomic mass is 16.4. The summed E-state index contributed by atoms with van der Waals surface area (Å²) in [6, 6.07) is -1.17. The van der Waals surface area contributed by atoms with Gasteiger partial charge in [0.1, 0.15) is 6.04 Å². The maximum absolute atomic E-state index is 11.1. The zero-order valence-electron chi connectivity index (χ0n) is 10.2. The second kappa shape index (κ2) is 6.42. The molecule has 0 unspecified atom stereocenters. The first-order chi connectivity index (χ1) is 7.29. The molecule has 0 spiro atoms. The van der Waals surface area contributed by atoms with Crippen molar-refractivity contribution in [3.05, 3.63) is 0 Å². The van der Waals surface area contributed by atoms with Crippen molar-refractivity contribution in [2.24, 2.45) is 5.73 Å². The highest BCUT2D eigenvalue weighted by molar-refractivity contribution is 5.81. The number of unbranched alkanes of at least 4 members (excludes halogenated alkanes) is 1. The molecule has 0 aliphatic carbocycles. The van der Waals surface area contributed by atoms with Gasteiger partial charge in [0.2, 0.25) is 5.91 Å². The second-order valence-corrected chi connectivity index (χ2v) is 2.65. The van der Waals surface area contributed by atoms with Crippen molar-refractivity contribution in [3.8, 4) is 0 Å². The van der Waals surface area contributed by atoms with E-state index in [-0.39, 0.29) is 6.42 Å². The summed E-state index contributed by atoms with van der Waals surface area (Å²) in [5.41, 5.74) is 5.24. The molecule has 0 rings (SSSR count). The van der Waals surface area contributed by atoms with Crippen LogP contribution in [0.1, 0.15) is 30.2 Å². The lowest BCUT2D eigenvalue weighted by atomic mass is 10.1. The molecule has 0 aliphatic heterocycles. The van der Waals surface area contributed by atoms with Crippen LogP contribution in [0.15, 0.2) is 0 Å². The first-order valence-electron chi connectivity index (χ1n) is 5.53. The van der Waals surface area contributed by atoms with Gasteiger partial charge in [0.15, 0.2) is 0 Å². The minimum absolute atomic E-state index is 0.175. The number of carbonyl (C=O) groups is 2. The maximum atomic E-state index is 11.1. The molecule has 1 amide bonds. The molecule has 0 radical (unpaired) electrons. The van der Waals surface area contributed by atoms with Crippen molar-refractivity contribution in [2.45, 2.75) is 32.2 Å². The van der Waals surface area contributed by atoms with Crippen LogP contribution in [0.4, 0.5) is 0 Å². The number of aliphatic carboxylic acids is 1. The van der Waals surface area contributed by atoms with Gasteiger partial charge in [0, 0.05) is 11.0 Å². The molecule has 0 heterocycles. The SMILES string of the molecule is [2H]C([2H])([2H])C(=O)N[C@@H](CCCCN)C(=O)O. The van der Waals surface area contributed by atoms with E-state index in [4.69, 9.17) is 15.0 Å². The summed E-state index contributed by atoms with van der Waals surface area (Å²) in [7, 11) is 0. The first-order valence-corrected chi connectivity index (χ1v) is 4.03. The Labute approximate surface area is 81.5 Å². The topological polar surface area (TPSA) is 92.4 Å². The van der Waals surface area contributed by atoms with E-state index in [1.54, 1.807) is 0 Å². The van der Waals surface area contributed by atoms with Gasteiger partial charge in [-0.15, -0.1) is 0 Å². The predicted molar refractivity (Wildman–Crippen MR) is 48.1 cm³/mol. The Balaban J connectivity index is 4.24. The van der Waals surface area contributed by atoms with E-state index in [9.17, 15) is 9.59 Å². The van der Waals surface area contributed by atoms with Crippen LogP contribution in [-0.2, 0) is 9.59 Å². The molecule has 0 aliphatic rings. The van der Waals surface area contributed by atoms with Gasteiger partial charge in [-0.25, -0.2) is 4.79 Å². The van der Waals surface area contributed by atoms with Crippen LogP contribution in [0.3, 0.4) is 0 Å². The Morgan fingerprint density at radius 2 is 2.31 bits per heavy atom. The molecule has 0 saturated heterocycles. The number of nitrogens with two attached hydrogens (primary N) is 1. The van der Waals surface area contributed by atoms with Crippen LogP contribution in [0.2, 0.25) is 0 Å². The van der Waals surface area contributed by atoms with Crippen LogP contribution in [0, 0.1) is 0 Å². The molecule has 0 saturated carbocycles. The normalized spacial score (nSPS) is 16.5. The summed E-state index contributed by atoms with van der Waals surface area (Å²) in [5.74, 6) is -2.48. The lowest BCUT2D eigenvalue weighted by Crippen LogP contribution is -2.39. The second-order valence-electron chi connectivity index (χ2n) is 2.65. The van der Waals surface area contributed by atoms with Crippen LogP contribution in [0.25, 0.3) is 0 Å². The molecule has 5 heteroatoms. The Morgan fingerprint density at radius 1 is 1.62 bits per heavy atom. The van der Waals surface area contributed by atoms with Gasteiger partial charge in [0.25, 0.3) is 0 Å². The quantitative estimate of drug-likeness (QED) is 0.503. The predicted octanol–water partition coefficient (Wildman–Crippen LogP) is -0.295. The van der Waals surface area contributed by atoms with Gasteiger partial charge in [0.05, 0.1) is 0 Å². The Bertz CT molecular complexity index is 255. The number of amides is 1. The molecule has 0 aromatic heterocycles. The monoisotopic (exact) mass is 191 g/mol. The number of hydrogen-bond acceptors (Lipinski definition) is 3. The highest BCUT2D eigenvalue weighted by Crippen LogP contribution is 2.00. The highest BCUT2D eigenvalue weighted by Gasteiger charge is 2.16. The van der Waals surface area contributed by atoms with Gasteiger partial charge >= 0.3 is 5.97 Å². The molecule has 4 N–H and O–H groups in total. The number of carboxylic acids is 1. The van der Waals surface area contributed by atoms with Crippen LogP contribution < -0.4 is 11.1 Å². The Hall–Kier alpha value is -1.10. The molecular weight excluding hydrogens is 172 g/mol. The molecule has 0 aromatic rings. The zero-order valence-corrected chi connectivity index (χ0v) is 7.25. The summed E-state index contributed by atoms with van der Waals surface area (Å²) < 4.78 is 20.4. The van der Waals surface area contributed by atoms with Crippen LogP contribution >= 0.6 is 0 Å².